The van der Waals surface area contributed by atoms with Gasteiger partial charge in [0.25, 0.3) is 0 Å². The third-order valence-electron chi connectivity index (χ3n) is 3.43. The number of rotatable bonds is 5. The second-order valence-corrected chi connectivity index (χ2v) is 4.99. The van der Waals surface area contributed by atoms with Crippen molar-refractivity contribution in [1.82, 2.24) is 4.90 Å². The molecule has 16 heavy (non-hydrogen) atoms. The molecule has 0 bridgehead atoms. The Balaban J connectivity index is 2.56. The van der Waals surface area contributed by atoms with Gasteiger partial charge in [0.05, 0.1) is 6.61 Å². The summed E-state index contributed by atoms with van der Waals surface area (Å²) in [5.74, 6) is -0.279. The molecule has 0 aliphatic carbocycles. The van der Waals surface area contributed by atoms with E-state index in [0.717, 1.165) is 39.1 Å². The van der Waals surface area contributed by atoms with E-state index in [1.165, 1.54) is 0 Å². The minimum atomic E-state index is -0.786. The van der Waals surface area contributed by atoms with E-state index in [-0.39, 0.29) is 0 Å². The molecule has 1 saturated heterocycles. The van der Waals surface area contributed by atoms with Crippen LogP contribution in [0.25, 0.3) is 0 Å². The Kier molecular flexibility index (Phi) is 4.74. The van der Waals surface area contributed by atoms with Crippen molar-refractivity contribution in [3.63, 3.8) is 0 Å². The van der Waals surface area contributed by atoms with Crippen LogP contribution < -0.4 is 0 Å². The molecule has 1 aliphatic heterocycles. The smallest absolute Gasteiger partial charge is 0.323 e. The van der Waals surface area contributed by atoms with Gasteiger partial charge < -0.3 is 9.84 Å². The van der Waals surface area contributed by atoms with Gasteiger partial charge in [-0.25, -0.2) is 0 Å². The first-order chi connectivity index (χ1) is 7.48. The van der Waals surface area contributed by atoms with Crippen molar-refractivity contribution >= 4 is 5.97 Å². The maximum Gasteiger partial charge on any atom is 0.323 e. The average Bonchev–Trinajstić information content (AvgIpc) is 2.26. The number of hydrogen-bond acceptors (Lipinski definition) is 3. The van der Waals surface area contributed by atoms with E-state index < -0.39 is 11.5 Å². The molecule has 94 valence electrons. The predicted molar refractivity (Wildman–Crippen MR) is 62.5 cm³/mol. The molecule has 1 atom stereocenters. The largest absolute Gasteiger partial charge is 0.480 e. The van der Waals surface area contributed by atoms with Crippen LogP contribution in [0.5, 0.6) is 0 Å². The first kappa shape index (κ1) is 13.5. The average molecular weight is 229 g/mol. The molecule has 0 spiro atoms. The lowest BCUT2D eigenvalue weighted by molar-refractivity contribution is -0.150. The van der Waals surface area contributed by atoms with E-state index in [2.05, 4.69) is 0 Å². The van der Waals surface area contributed by atoms with Gasteiger partial charge in [0.1, 0.15) is 5.54 Å². The monoisotopic (exact) mass is 229 g/mol. The quantitative estimate of drug-likeness (QED) is 0.778. The van der Waals surface area contributed by atoms with Crippen molar-refractivity contribution in [1.29, 1.82) is 0 Å². The summed E-state index contributed by atoms with van der Waals surface area (Å²) in [5, 5.41) is 9.20. The number of aliphatic carboxylic acids is 1. The van der Waals surface area contributed by atoms with Gasteiger partial charge in [-0.3, -0.25) is 9.69 Å². The molecule has 1 rings (SSSR count). The molecule has 1 heterocycles. The van der Waals surface area contributed by atoms with Crippen molar-refractivity contribution in [3.8, 4) is 0 Å². The zero-order valence-corrected chi connectivity index (χ0v) is 10.5. The molecular weight excluding hydrogens is 206 g/mol. The number of likely N-dealkylation sites (N-methyl/N-ethyl adjacent to an activating group) is 1. The van der Waals surface area contributed by atoms with Crippen LogP contribution in [0.4, 0.5) is 0 Å². The Bertz CT molecular complexity index is 234. The normalized spacial score (nSPS) is 22.4. The van der Waals surface area contributed by atoms with Gasteiger partial charge in [0.2, 0.25) is 0 Å². The highest BCUT2D eigenvalue weighted by Gasteiger charge is 2.34. The molecule has 0 aromatic rings. The highest BCUT2D eigenvalue weighted by atomic mass is 16.5. The fourth-order valence-corrected chi connectivity index (χ4v) is 2.15. The van der Waals surface area contributed by atoms with Crippen LogP contribution in [0.1, 0.15) is 33.6 Å². The van der Waals surface area contributed by atoms with E-state index >= 15 is 0 Å². The van der Waals surface area contributed by atoms with Gasteiger partial charge in [-0.2, -0.15) is 0 Å². The highest BCUT2D eigenvalue weighted by molar-refractivity contribution is 5.77. The van der Waals surface area contributed by atoms with E-state index in [1.807, 2.05) is 11.8 Å². The van der Waals surface area contributed by atoms with Crippen LogP contribution in [-0.4, -0.2) is 47.8 Å². The van der Waals surface area contributed by atoms with Gasteiger partial charge in [0, 0.05) is 13.2 Å². The number of hydrogen-bond donors (Lipinski definition) is 1. The van der Waals surface area contributed by atoms with E-state index in [4.69, 9.17) is 4.74 Å². The van der Waals surface area contributed by atoms with Crippen molar-refractivity contribution < 1.29 is 14.6 Å². The lowest BCUT2D eigenvalue weighted by Gasteiger charge is -2.37. The van der Waals surface area contributed by atoms with Crippen molar-refractivity contribution in [2.24, 2.45) is 5.92 Å². The molecule has 0 aromatic carbocycles. The summed E-state index contributed by atoms with van der Waals surface area (Å²) < 4.78 is 5.43. The second kappa shape index (κ2) is 5.64. The fourth-order valence-electron chi connectivity index (χ4n) is 2.15. The SMILES string of the molecule is CCN(CC1CCCOC1)C(C)(C)C(=O)O. The summed E-state index contributed by atoms with van der Waals surface area (Å²) in [5.41, 5.74) is -0.786. The molecule has 0 amide bonds. The predicted octanol–water partition coefficient (Wildman–Crippen LogP) is 1.60. The minimum Gasteiger partial charge on any atom is -0.480 e. The van der Waals surface area contributed by atoms with Gasteiger partial charge in [-0.05, 0) is 39.2 Å². The second-order valence-electron chi connectivity index (χ2n) is 4.99. The first-order valence-corrected chi connectivity index (χ1v) is 6.04. The molecule has 4 nitrogen and oxygen atoms in total. The number of ether oxygens (including phenoxy) is 1. The fraction of sp³-hybridized carbons (Fsp3) is 0.917. The molecule has 0 saturated carbocycles. The molecule has 1 aliphatic rings. The maximum atomic E-state index is 11.2. The molecular formula is C12H23NO3. The van der Waals surface area contributed by atoms with Gasteiger partial charge in [0.15, 0.2) is 0 Å². The Labute approximate surface area is 97.6 Å². The number of carboxylic acids is 1. The van der Waals surface area contributed by atoms with E-state index in [1.54, 1.807) is 13.8 Å². The molecule has 1 fully saturated rings. The van der Waals surface area contributed by atoms with Crippen LogP contribution in [0.2, 0.25) is 0 Å². The highest BCUT2D eigenvalue weighted by Crippen LogP contribution is 2.21. The van der Waals surface area contributed by atoms with Gasteiger partial charge >= 0.3 is 5.97 Å². The third kappa shape index (κ3) is 3.19. The van der Waals surface area contributed by atoms with Gasteiger partial charge in [-0.1, -0.05) is 6.92 Å². The summed E-state index contributed by atoms with van der Waals surface area (Å²) in [7, 11) is 0. The minimum absolute atomic E-state index is 0.479. The lowest BCUT2D eigenvalue weighted by Crippen LogP contribution is -2.52. The number of carbonyl (C=O) groups is 1. The van der Waals surface area contributed by atoms with Crippen LogP contribution in [0, 0.1) is 5.92 Å². The van der Waals surface area contributed by atoms with Crippen molar-refractivity contribution in [3.05, 3.63) is 0 Å². The lowest BCUT2D eigenvalue weighted by atomic mass is 9.97. The number of nitrogens with zero attached hydrogens (tertiary/aromatic N) is 1. The summed E-state index contributed by atoms with van der Waals surface area (Å²) in [4.78, 5) is 13.2. The van der Waals surface area contributed by atoms with Crippen LogP contribution in [0.3, 0.4) is 0 Å². The standard InChI is InChI=1S/C12H23NO3/c1-4-13(12(2,3)11(14)15)8-10-6-5-7-16-9-10/h10H,4-9H2,1-3H3,(H,14,15). The Morgan fingerprint density at radius 3 is 2.69 bits per heavy atom. The summed E-state index contributed by atoms with van der Waals surface area (Å²) in [6, 6.07) is 0. The van der Waals surface area contributed by atoms with Crippen LogP contribution in [-0.2, 0) is 9.53 Å². The molecule has 1 unspecified atom stereocenters. The van der Waals surface area contributed by atoms with Crippen molar-refractivity contribution in [2.45, 2.75) is 39.2 Å². The zero-order valence-electron chi connectivity index (χ0n) is 10.5. The summed E-state index contributed by atoms with van der Waals surface area (Å²) >= 11 is 0. The number of carboxylic acid groups (broad SMARTS) is 1. The Hall–Kier alpha value is -0.610. The molecule has 1 N–H and O–H groups in total. The van der Waals surface area contributed by atoms with Crippen molar-refractivity contribution in [2.75, 3.05) is 26.3 Å². The Morgan fingerprint density at radius 2 is 2.25 bits per heavy atom. The van der Waals surface area contributed by atoms with E-state index in [9.17, 15) is 9.90 Å². The molecule has 0 aromatic heterocycles. The molecule has 4 heteroatoms. The van der Waals surface area contributed by atoms with Crippen LogP contribution in [0.15, 0.2) is 0 Å². The van der Waals surface area contributed by atoms with E-state index in [0.29, 0.717) is 5.92 Å². The summed E-state index contributed by atoms with van der Waals surface area (Å²) in [6.45, 7) is 8.74. The molecule has 0 radical (unpaired) electrons. The first-order valence-electron chi connectivity index (χ1n) is 6.04. The summed E-state index contributed by atoms with van der Waals surface area (Å²) in [6.07, 6.45) is 2.24. The Morgan fingerprint density at radius 1 is 1.56 bits per heavy atom. The third-order valence-corrected chi connectivity index (χ3v) is 3.43. The topological polar surface area (TPSA) is 49.8 Å². The zero-order chi connectivity index (χ0) is 12.2. The van der Waals surface area contributed by atoms with Crippen LogP contribution >= 0.6 is 0 Å². The van der Waals surface area contributed by atoms with Gasteiger partial charge in [-0.15, -0.1) is 0 Å². The maximum absolute atomic E-state index is 11.2.